The maximum absolute atomic E-state index is 12.5. The number of ether oxygens (including phenoxy) is 1. The fourth-order valence-electron chi connectivity index (χ4n) is 3.10. The van der Waals surface area contributed by atoms with Gasteiger partial charge in [0.15, 0.2) is 0 Å². The van der Waals surface area contributed by atoms with Crippen molar-refractivity contribution >= 4 is 35.3 Å². The number of nitrogens with one attached hydrogen (secondary N) is 1. The van der Waals surface area contributed by atoms with E-state index in [0.717, 1.165) is 36.7 Å². The summed E-state index contributed by atoms with van der Waals surface area (Å²) in [5.74, 6) is 0.894. The molecular formula is C15H19ClN4O2. The van der Waals surface area contributed by atoms with E-state index in [9.17, 15) is 4.79 Å². The summed E-state index contributed by atoms with van der Waals surface area (Å²) in [6.45, 7) is 3.67. The number of hydrogen-bond acceptors (Lipinski definition) is 4. The fraction of sp³-hybridized carbons (Fsp3) is 0.467. The van der Waals surface area contributed by atoms with E-state index in [4.69, 9.17) is 4.74 Å². The lowest BCUT2D eigenvalue weighted by Crippen LogP contribution is -2.45. The fourth-order valence-corrected chi connectivity index (χ4v) is 3.10. The summed E-state index contributed by atoms with van der Waals surface area (Å²) in [6, 6.07) is 8.13. The molecule has 118 valence electrons. The molecule has 1 unspecified atom stereocenters. The first-order valence-electron chi connectivity index (χ1n) is 7.40. The Labute approximate surface area is 134 Å². The molecule has 1 saturated heterocycles. The number of carbonyl (C=O) groups is 1. The van der Waals surface area contributed by atoms with E-state index >= 15 is 0 Å². The summed E-state index contributed by atoms with van der Waals surface area (Å²) < 4.78 is 7.53. The molecule has 3 heterocycles. The highest BCUT2D eigenvalue weighted by Crippen LogP contribution is 2.27. The largest absolute Gasteiger partial charge is 0.378 e. The number of nitrogens with zero attached hydrogens (tertiary/aromatic N) is 3. The zero-order chi connectivity index (χ0) is 14.2. The van der Waals surface area contributed by atoms with Crippen LogP contribution in [0.2, 0.25) is 0 Å². The van der Waals surface area contributed by atoms with Gasteiger partial charge in [0.1, 0.15) is 0 Å². The van der Waals surface area contributed by atoms with Crippen molar-refractivity contribution in [3.05, 3.63) is 24.3 Å². The van der Waals surface area contributed by atoms with Gasteiger partial charge < -0.3 is 14.6 Å². The Kier molecular flexibility index (Phi) is 4.33. The molecule has 0 radical (unpaired) electrons. The van der Waals surface area contributed by atoms with Crippen molar-refractivity contribution in [3.63, 3.8) is 0 Å². The number of para-hydroxylation sites is 2. The minimum atomic E-state index is 0. The van der Waals surface area contributed by atoms with Gasteiger partial charge in [0, 0.05) is 32.1 Å². The Morgan fingerprint density at radius 1 is 1.36 bits per heavy atom. The van der Waals surface area contributed by atoms with Crippen molar-refractivity contribution < 1.29 is 9.53 Å². The number of fused-ring (bicyclic) bond motifs is 3. The molecule has 22 heavy (non-hydrogen) atoms. The molecule has 1 fully saturated rings. The van der Waals surface area contributed by atoms with Gasteiger partial charge in [-0.2, -0.15) is 0 Å². The molecule has 2 aliphatic rings. The van der Waals surface area contributed by atoms with Crippen LogP contribution in [0.5, 0.6) is 0 Å². The average Bonchev–Trinajstić information content (AvgIpc) is 3.07. The van der Waals surface area contributed by atoms with Crippen LogP contribution in [0.15, 0.2) is 24.3 Å². The summed E-state index contributed by atoms with van der Waals surface area (Å²) in [7, 11) is 0. The molecule has 1 aromatic carbocycles. The third kappa shape index (κ3) is 2.58. The van der Waals surface area contributed by atoms with E-state index in [1.807, 2.05) is 18.2 Å². The van der Waals surface area contributed by atoms with Crippen LogP contribution in [0.25, 0.3) is 11.0 Å². The minimum absolute atomic E-state index is 0. The molecule has 0 aliphatic carbocycles. The number of imidazole rings is 1. The van der Waals surface area contributed by atoms with E-state index in [1.54, 1.807) is 4.90 Å². The molecule has 0 spiro atoms. The molecule has 0 bridgehead atoms. The third-order valence-corrected chi connectivity index (χ3v) is 4.14. The van der Waals surface area contributed by atoms with Crippen LogP contribution in [-0.2, 0) is 16.1 Å². The molecule has 1 aromatic heterocycles. The van der Waals surface area contributed by atoms with E-state index in [-0.39, 0.29) is 24.4 Å². The average molecular weight is 323 g/mol. The SMILES string of the molecule is Cl.O=C(CC1COCCN1)N1CCn2c1nc1ccccc12. The van der Waals surface area contributed by atoms with E-state index < -0.39 is 0 Å². The smallest absolute Gasteiger partial charge is 0.231 e. The Bertz CT molecular complexity index is 681. The summed E-state index contributed by atoms with van der Waals surface area (Å²) >= 11 is 0. The Morgan fingerprint density at radius 2 is 2.23 bits per heavy atom. The van der Waals surface area contributed by atoms with Gasteiger partial charge in [0.25, 0.3) is 0 Å². The van der Waals surface area contributed by atoms with Crippen LogP contribution < -0.4 is 10.2 Å². The zero-order valence-electron chi connectivity index (χ0n) is 12.2. The highest BCUT2D eigenvalue weighted by molar-refractivity contribution is 5.95. The summed E-state index contributed by atoms with van der Waals surface area (Å²) in [4.78, 5) is 18.9. The number of rotatable bonds is 2. The third-order valence-electron chi connectivity index (χ3n) is 4.14. The number of amides is 1. The van der Waals surface area contributed by atoms with Crippen LogP contribution in [0.3, 0.4) is 0 Å². The molecular weight excluding hydrogens is 304 g/mol. The quantitative estimate of drug-likeness (QED) is 0.902. The highest BCUT2D eigenvalue weighted by atomic mass is 35.5. The summed E-state index contributed by atoms with van der Waals surface area (Å²) in [5.41, 5.74) is 2.05. The Hall–Kier alpha value is -1.63. The van der Waals surface area contributed by atoms with E-state index in [2.05, 4.69) is 20.9 Å². The number of aromatic nitrogens is 2. The maximum atomic E-state index is 12.5. The second-order valence-corrected chi connectivity index (χ2v) is 5.53. The lowest BCUT2D eigenvalue weighted by molar-refractivity contribution is -0.119. The lowest BCUT2D eigenvalue weighted by Gasteiger charge is -2.25. The number of benzene rings is 1. The van der Waals surface area contributed by atoms with Crippen molar-refractivity contribution in [1.29, 1.82) is 0 Å². The molecule has 4 rings (SSSR count). The second kappa shape index (κ2) is 6.24. The van der Waals surface area contributed by atoms with Crippen molar-refractivity contribution in [3.8, 4) is 0 Å². The van der Waals surface area contributed by atoms with Gasteiger partial charge in [0.05, 0.1) is 24.2 Å². The minimum Gasteiger partial charge on any atom is -0.378 e. The Morgan fingerprint density at radius 3 is 3.05 bits per heavy atom. The van der Waals surface area contributed by atoms with E-state index in [1.165, 1.54) is 0 Å². The number of halogens is 1. The van der Waals surface area contributed by atoms with Crippen molar-refractivity contribution in [1.82, 2.24) is 14.9 Å². The lowest BCUT2D eigenvalue weighted by atomic mass is 10.2. The van der Waals surface area contributed by atoms with Gasteiger partial charge in [-0.25, -0.2) is 4.98 Å². The number of morpholine rings is 1. The van der Waals surface area contributed by atoms with Gasteiger partial charge in [-0.05, 0) is 12.1 Å². The molecule has 1 amide bonds. The maximum Gasteiger partial charge on any atom is 0.231 e. The van der Waals surface area contributed by atoms with Crippen LogP contribution in [0, 0.1) is 0 Å². The molecule has 0 saturated carbocycles. The number of hydrogen-bond donors (Lipinski definition) is 1. The normalized spacial score (nSPS) is 20.7. The summed E-state index contributed by atoms with van der Waals surface area (Å²) in [6.07, 6.45) is 0.462. The highest BCUT2D eigenvalue weighted by Gasteiger charge is 2.30. The first-order valence-corrected chi connectivity index (χ1v) is 7.40. The molecule has 7 heteroatoms. The summed E-state index contributed by atoms with van der Waals surface area (Å²) in [5, 5.41) is 3.32. The number of anilines is 1. The van der Waals surface area contributed by atoms with Crippen LogP contribution in [0.4, 0.5) is 5.95 Å². The van der Waals surface area contributed by atoms with Crippen LogP contribution in [-0.4, -0.2) is 47.8 Å². The molecule has 1 atom stereocenters. The van der Waals surface area contributed by atoms with Crippen molar-refractivity contribution in [2.24, 2.45) is 0 Å². The van der Waals surface area contributed by atoms with Gasteiger partial charge >= 0.3 is 0 Å². The predicted octanol–water partition coefficient (Wildman–Crippen LogP) is 1.18. The standard InChI is InChI=1S/C15H18N4O2.ClH/c20-14(9-11-10-21-8-5-16-11)19-7-6-18-13-4-2-1-3-12(13)17-15(18)19;/h1-4,11,16H,5-10H2;1H. The van der Waals surface area contributed by atoms with Crippen molar-refractivity contribution in [2.45, 2.75) is 19.0 Å². The molecule has 6 nitrogen and oxygen atoms in total. The molecule has 1 N–H and O–H groups in total. The zero-order valence-corrected chi connectivity index (χ0v) is 13.0. The topological polar surface area (TPSA) is 59.4 Å². The van der Waals surface area contributed by atoms with Crippen LogP contribution in [0.1, 0.15) is 6.42 Å². The van der Waals surface area contributed by atoms with E-state index in [0.29, 0.717) is 19.6 Å². The van der Waals surface area contributed by atoms with Crippen LogP contribution >= 0.6 is 12.4 Å². The first-order chi connectivity index (χ1) is 10.3. The van der Waals surface area contributed by atoms with Gasteiger partial charge in [-0.1, -0.05) is 12.1 Å². The molecule has 2 aromatic rings. The van der Waals surface area contributed by atoms with Gasteiger partial charge in [-0.3, -0.25) is 9.69 Å². The second-order valence-electron chi connectivity index (χ2n) is 5.53. The first kappa shape index (κ1) is 15.3. The van der Waals surface area contributed by atoms with Gasteiger partial charge in [0.2, 0.25) is 11.9 Å². The Balaban J connectivity index is 0.00000144. The van der Waals surface area contributed by atoms with Crippen molar-refractivity contribution in [2.75, 3.05) is 31.2 Å². The predicted molar refractivity (Wildman–Crippen MR) is 86.6 cm³/mol. The van der Waals surface area contributed by atoms with Gasteiger partial charge in [-0.15, -0.1) is 12.4 Å². The molecule has 2 aliphatic heterocycles. The number of carbonyl (C=O) groups excluding carboxylic acids is 1. The monoisotopic (exact) mass is 322 g/mol.